The van der Waals surface area contributed by atoms with Crippen LogP contribution in [0.2, 0.25) is 0 Å². The molecule has 1 aromatic heterocycles. The van der Waals surface area contributed by atoms with E-state index in [1.807, 2.05) is 0 Å². The molecule has 1 saturated heterocycles. The Morgan fingerprint density at radius 2 is 2.00 bits per heavy atom. The number of fused-ring (bicyclic) bond motifs is 1. The van der Waals surface area contributed by atoms with Crippen molar-refractivity contribution in [2.24, 2.45) is 17.3 Å². The third kappa shape index (κ3) is 3.28. The molecular weight excluding hydrogens is 382 g/mol. The number of morpholine rings is 1. The number of nitrogens with two attached hydrogens (primary N) is 1. The van der Waals surface area contributed by atoms with Gasteiger partial charge in [0.05, 0.1) is 31.4 Å². The van der Waals surface area contributed by atoms with Crippen LogP contribution in [0.15, 0.2) is 23.1 Å². The number of nitrogens with one attached hydrogen (secondary N) is 1. The molecule has 7 heteroatoms. The Morgan fingerprint density at radius 3 is 2.69 bits per heavy atom. The number of rotatable bonds is 3. The van der Waals surface area contributed by atoms with E-state index in [2.05, 4.69) is 35.7 Å². The molecule has 2 fully saturated rings. The minimum absolute atomic E-state index is 0.0160. The number of quaternary nitrogens is 1. The minimum atomic E-state index is -1.46. The molecule has 6 nitrogen and oxygen atoms in total. The second-order valence-electron chi connectivity index (χ2n) is 8.16. The minimum Gasteiger partial charge on any atom is -0.370 e. The topological polar surface area (TPSA) is 111 Å². The maximum absolute atomic E-state index is 10.1. The fourth-order valence-electron chi connectivity index (χ4n) is 5.13. The highest BCUT2D eigenvalue weighted by Gasteiger charge is 2.60. The van der Waals surface area contributed by atoms with Crippen LogP contribution in [0, 0.1) is 51.2 Å². The van der Waals surface area contributed by atoms with Crippen molar-refractivity contribution in [3.63, 3.8) is 0 Å². The first kappa shape index (κ1) is 19.8. The molecule has 0 bridgehead atoms. The highest BCUT2D eigenvalue weighted by atomic mass is 32.1. The largest absolute Gasteiger partial charge is 0.370 e. The van der Waals surface area contributed by atoms with Gasteiger partial charge in [-0.15, -0.1) is 11.3 Å². The van der Waals surface area contributed by atoms with Gasteiger partial charge < -0.3 is 9.64 Å². The third-order valence-corrected chi connectivity index (χ3v) is 7.68. The number of nitriles is 3. The Morgan fingerprint density at radius 1 is 1.24 bits per heavy atom. The molecule has 4 rings (SSSR count). The average molecular weight is 408 g/mol. The predicted octanol–water partition coefficient (Wildman–Crippen LogP) is 0.360. The van der Waals surface area contributed by atoms with Crippen molar-refractivity contribution in [2.75, 3.05) is 26.3 Å². The zero-order valence-electron chi connectivity index (χ0n) is 16.4. The molecule has 148 valence electrons. The lowest BCUT2D eigenvalue weighted by Crippen LogP contribution is -3.12. The molecule has 3 aliphatic rings. The molecule has 0 spiro atoms. The van der Waals surface area contributed by atoms with Crippen molar-refractivity contribution in [3.8, 4) is 18.2 Å². The first-order valence-corrected chi connectivity index (χ1v) is 11.1. The van der Waals surface area contributed by atoms with Crippen LogP contribution < -0.4 is 10.3 Å². The molecule has 0 aromatic carbocycles. The summed E-state index contributed by atoms with van der Waals surface area (Å²) >= 11 is 1.62. The van der Waals surface area contributed by atoms with E-state index in [0.717, 1.165) is 62.6 Å². The van der Waals surface area contributed by atoms with E-state index in [4.69, 9.17) is 10.1 Å². The van der Waals surface area contributed by atoms with Crippen LogP contribution in [0.3, 0.4) is 0 Å². The van der Waals surface area contributed by atoms with Crippen LogP contribution in [0.4, 0.5) is 0 Å². The fraction of sp³-hybridized carbons (Fsp3) is 0.545. The zero-order valence-corrected chi connectivity index (χ0v) is 17.2. The molecule has 0 amide bonds. The van der Waals surface area contributed by atoms with Crippen LogP contribution in [0.25, 0.3) is 0 Å². The second-order valence-corrected chi connectivity index (χ2v) is 9.11. The summed E-state index contributed by atoms with van der Waals surface area (Å²) in [6, 6.07) is 8.90. The Labute approximate surface area is 175 Å². The Hall–Kier alpha value is -2.50. The molecule has 0 unspecified atom stereocenters. The number of hydrogen-bond donors (Lipinski definition) is 2. The SMILES string of the molecule is N#C[C@@H]1C(=[NH2+])C(C#N)(C#N)[C@@H](c2cc(C[NH+]3CCOCC3)cs2)[C@H]2CCCC=C12. The number of allylic oxidation sites excluding steroid dienone is 2. The lowest BCUT2D eigenvalue weighted by molar-refractivity contribution is -0.921. The van der Waals surface area contributed by atoms with E-state index < -0.39 is 11.3 Å². The normalized spacial score (nSPS) is 29.1. The van der Waals surface area contributed by atoms with Crippen molar-refractivity contribution in [1.29, 1.82) is 15.8 Å². The molecule has 29 heavy (non-hydrogen) atoms. The van der Waals surface area contributed by atoms with Gasteiger partial charge in [0.25, 0.3) is 0 Å². The van der Waals surface area contributed by atoms with Gasteiger partial charge in [-0.25, -0.2) is 0 Å². The van der Waals surface area contributed by atoms with Gasteiger partial charge >= 0.3 is 0 Å². The highest BCUT2D eigenvalue weighted by molar-refractivity contribution is 7.10. The van der Waals surface area contributed by atoms with Gasteiger partial charge in [0.1, 0.15) is 25.6 Å². The maximum atomic E-state index is 10.1. The van der Waals surface area contributed by atoms with Crippen molar-refractivity contribution in [3.05, 3.63) is 33.5 Å². The molecule has 2 aliphatic carbocycles. The fourth-order valence-corrected chi connectivity index (χ4v) is 6.27. The summed E-state index contributed by atoms with van der Waals surface area (Å²) in [4.78, 5) is 2.53. The Kier molecular flexibility index (Phi) is 5.52. The molecule has 2 heterocycles. The van der Waals surface area contributed by atoms with Crippen LogP contribution >= 0.6 is 11.3 Å². The van der Waals surface area contributed by atoms with Gasteiger partial charge in [0.15, 0.2) is 0 Å². The molecule has 1 aromatic rings. The number of thiophene rings is 1. The van der Waals surface area contributed by atoms with Crippen molar-refractivity contribution >= 4 is 17.0 Å². The quantitative estimate of drug-likeness (QED) is 0.705. The molecule has 0 radical (unpaired) electrons. The van der Waals surface area contributed by atoms with Crippen LogP contribution in [0.1, 0.15) is 35.6 Å². The average Bonchev–Trinajstić information content (AvgIpc) is 3.21. The van der Waals surface area contributed by atoms with E-state index in [1.165, 1.54) is 10.5 Å². The van der Waals surface area contributed by atoms with E-state index in [9.17, 15) is 15.8 Å². The second kappa shape index (κ2) is 8.09. The predicted molar refractivity (Wildman–Crippen MR) is 107 cm³/mol. The molecular formula is C22H25N5OS+2. The number of nitrogens with zero attached hydrogens (tertiary/aromatic N) is 3. The monoisotopic (exact) mass is 407 g/mol. The summed E-state index contributed by atoms with van der Waals surface area (Å²) < 4.78 is 5.45. The lowest BCUT2D eigenvalue weighted by atomic mass is 9.54. The molecule has 1 aliphatic heterocycles. The molecule has 3 atom stereocenters. The van der Waals surface area contributed by atoms with Gasteiger partial charge in [-0.2, -0.15) is 15.8 Å². The summed E-state index contributed by atoms with van der Waals surface area (Å²) in [6.45, 7) is 4.49. The molecule has 3 N–H and O–H groups in total. The third-order valence-electron chi connectivity index (χ3n) is 6.61. The van der Waals surface area contributed by atoms with E-state index in [0.29, 0.717) is 0 Å². The Balaban J connectivity index is 1.72. The van der Waals surface area contributed by atoms with E-state index >= 15 is 0 Å². The highest BCUT2D eigenvalue weighted by Crippen LogP contribution is 2.55. The Bertz CT molecular complexity index is 939. The lowest BCUT2D eigenvalue weighted by Gasteiger charge is -2.42. The van der Waals surface area contributed by atoms with Crippen LogP contribution in [-0.2, 0) is 11.3 Å². The van der Waals surface area contributed by atoms with Crippen molar-refractivity contribution < 1.29 is 15.0 Å². The van der Waals surface area contributed by atoms with Crippen LogP contribution in [-0.4, -0.2) is 32.0 Å². The summed E-state index contributed by atoms with van der Waals surface area (Å²) in [6.07, 6.45) is 4.93. The standard InChI is InChI=1S/C22H23N5OS/c23-10-18-16-3-1-2-4-17(16)20(22(13-24,14-25)21(18)26)19-9-15(12-29-19)11-27-5-7-28-8-6-27/h3,9,12,17-18,20,26H,1-2,4-8,11H2/p+2/t17-,18-,20+/m0/s1. The van der Waals surface area contributed by atoms with Gasteiger partial charge in [0.2, 0.25) is 11.1 Å². The first-order valence-electron chi connectivity index (χ1n) is 10.2. The summed E-state index contributed by atoms with van der Waals surface area (Å²) in [5, 5.41) is 38.5. The number of hydrogen-bond acceptors (Lipinski definition) is 5. The van der Waals surface area contributed by atoms with Gasteiger partial charge in [-0.05, 0) is 42.2 Å². The van der Waals surface area contributed by atoms with Crippen molar-refractivity contribution in [1.82, 2.24) is 0 Å². The first-order chi connectivity index (χ1) is 14.1. The van der Waals surface area contributed by atoms with Gasteiger partial charge in [0, 0.05) is 16.4 Å². The van der Waals surface area contributed by atoms with Gasteiger partial charge in [-0.1, -0.05) is 6.08 Å². The summed E-state index contributed by atoms with van der Waals surface area (Å²) in [5.74, 6) is -0.942. The summed E-state index contributed by atoms with van der Waals surface area (Å²) in [5.41, 5.74) is 0.978. The van der Waals surface area contributed by atoms with E-state index in [1.54, 1.807) is 11.3 Å². The summed E-state index contributed by atoms with van der Waals surface area (Å²) in [7, 11) is 0. The van der Waals surface area contributed by atoms with Crippen LogP contribution in [0.5, 0.6) is 0 Å². The number of ether oxygens (including phenoxy) is 1. The smallest absolute Gasteiger partial charge is 0.231 e. The zero-order chi connectivity index (χ0) is 20.4. The van der Waals surface area contributed by atoms with E-state index in [-0.39, 0.29) is 17.5 Å². The van der Waals surface area contributed by atoms with Gasteiger partial charge in [-0.3, -0.25) is 5.41 Å². The molecule has 1 saturated carbocycles. The maximum Gasteiger partial charge on any atom is 0.231 e. The van der Waals surface area contributed by atoms with Crippen molar-refractivity contribution in [2.45, 2.75) is 31.7 Å².